The van der Waals surface area contributed by atoms with Crippen molar-refractivity contribution in [3.05, 3.63) is 65.5 Å². The van der Waals surface area contributed by atoms with E-state index in [1.54, 1.807) is 41.3 Å². The summed E-state index contributed by atoms with van der Waals surface area (Å²) in [5, 5.41) is 9.08. The van der Waals surface area contributed by atoms with Gasteiger partial charge >= 0.3 is 5.97 Å². The highest BCUT2D eigenvalue weighted by Gasteiger charge is 2.32. The second kappa shape index (κ2) is 7.34. The minimum absolute atomic E-state index is 0.209. The van der Waals surface area contributed by atoms with Crippen molar-refractivity contribution in [3.8, 4) is 5.75 Å². The lowest BCUT2D eigenvalue weighted by molar-refractivity contribution is -0.141. The third-order valence-corrected chi connectivity index (χ3v) is 4.25. The van der Waals surface area contributed by atoms with Crippen LogP contribution >= 0.6 is 0 Å². The number of carboxylic acid groups (broad SMARTS) is 1. The number of nitrogens with zero attached hydrogens (tertiary/aromatic N) is 1. The van der Waals surface area contributed by atoms with Crippen LogP contribution in [0.2, 0.25) is 0 Å². The summed E-state index contributed by atoms with van der Waals surface area (Å²) >= 11 is 0. The van der Waals surface area contributed by atoms with E-state index in [9.17, 15) is 14.0 Å². The molecule has 0 aromatic heterocycles. The number of carbonyl (C=O) groups is 2. The summed E-state index contributed by atoms with van der Waals surface area (Å²) in [5.41, 5.74) is 1.19. The van der Waals surface area contributed by atoms with Crippen LogP contribution in [0.5, 0.6) is 5.75 Å². The van der Waals surface area contributed by atoms with Crippen LogP contribution in [-0.4, -0.2) is 35.0 Å². The zero-order valence-electron chi connectivity index (χ0n) is 13.5. The topological polar surface area (TPSA) is 66.8 Å². The Labute approximate surface area is 144 Å². The molecule has 0 unspecified atom stereocenters. The quantitative estimate of drug-likeness (QED) is 0.906. The molecule has 1 amide bonds. The summed E-state index contributed by atoms with van der Waals surface area (Å²) in [6.45, 7) is 0.838. The van der Waals surface area contributed by atoms with Gasteiger partial charge in [-0.1, -0.05) is 24.3 Å². The molecule has 1 aliphatic heterocycles. The normalized spacial score (nSPS) is 16.7. The molecule has 5 nitrogen and oxygen atoms in total. The molecule has 0 bridgehead atoms. The van der Waals surface area contributed by atoms with E-state index in [2.05, 4.69) is 0 Å². The molecule has 1 aliphatic rings. The van der Waals surface area contributed by atoms with Crippen molar-refractivity contribution in [2.45, 2.75) is 13.0 Å². The van der Waals surface area contributed by atoms with Gasteiger partial charge in [0.1, 0.15) is 18.2 Å². The number of carbonyl (C=O) groups excluding carboxylic acids is 1. The lowest BCUT2D eigenvalue weighted by atomic mass is 10.1. The second-order valence-electron chi connectivity index (χ2n) is 5.99. The number of rotatable bonds is 5. The van der Waals surface area contributed by atoms with Crippen molar-refractivity contribution in [1.29, 1.82) is 0 Å². The molecule has 1 fully saturated rings. The van der Waals surface area contributed by atoms with E-state index in [0.29, 0.717) is 24.3 Å². The summed E-state index contributed by atoms with van der Waals surface area (Å²) in [6.07, 6.45) is 0.458. The fourth-order valence-electron chi connectivity index (χ4n) is 2.83. The van der Waals surface area contributed by atoms with Gasteiger partial charge in [-0.2, -0.15) is 0 Å². The van der Waals surface area contributed by atoms with Crippen molar-refractivity contribution >= 4 is 11.9 Å². The van der Waals surface area contributed by atoms with Crippen LogP contribution < -0.4 is 4.74 Å². The lowest BCUT2D eigenvalue weighted by Crippen LogP contribution is -2.30. The standard InChI is InChI=1S/C19H18FNO4/c20-15-7-5-13(6-8-15)12-25-17-4-2-1-3-16(17)18(22)21-10-9-14(11-21)19(23)24/h1-8,14H,9-12H2,(H,23,24)/t14-/m1/s1. The summed E-state index contributed by atoms with van der Waals surface area (Å²) in [4.78, 5) is 25.3. The van der Waals surface area contributed by atoms with Crippen LogP contribution in [0.3, 0.4) is 0 Å². The fourth-order valence-corrected chi connectivity index (χ4v) is 2.83. The van der Waals surface area contributed by atoms with Crippen LogP contribution in [0.4, 0.5) is 4.39 Å². The first kappa shape index (κ1) is 17.0. The summed E-state index contributed by atoms with van der Waals surface area (Å²) in [6, 6.07) is 12.8. The molecule has 1 heterocycles. The molecule has 0 saturated carbocycles. The molecule has 6 heteroatoms. The van der Waals surface area contributed by atoms with E-state index in [1.165, 1.54) is 12.1 Å². The van der Waals surface area contributed by atoms with Crippen molar-refractivity contribution in [2.24, 2.45) is 5.92 Å². The summed E-state index contributed by atoms with van der Waals surface area (Å²) in [7, 11) is 0. The molecule has 25 heavy (non-hydrogen) atoms. The predicted molar refractivity (Wildman–Crippen MR) is 88.8 cm³/mol. The Morgan fingerprint density at radius 2 is 1.88 bits per heavy atom. The Bertz CT molecular complexity index is 775. The average Bonchev–Trinajstić information content (AvgIpc) is 3.11. The first-order valence-corrected chi connectivity index (χ1v) is 8.03. The smallest absolute Gasteiger partial charge is 0.308 e. The minimum Gasteiger partial charge on any atom is -0.488 e. The van der Waals surface area contributed by atoms with Gasteiger partial charge in [0.05, 0.1) is 11.5 Å². The van der Waals surface area contributed by atoms with Crippen LogP contribution in [0.25, 0.3) is 0 Å². The monoisotopic (exact) mass is 343 g/mol. The molecule has 1 N–H and O–H groups in total. The highest BCUT2D eigenvalue weighted by Crippen LogP contribution is 2.25. The summed E-state index contributed by atoms with van der Waals surface area (Å²) in [5.74, 6) is -1.53. The van der Waals surface area contributed by atoms with Gasteiger partial charge in [-0.05, 0) is 36.2 Å². The highest BCUT2D eigenvalue weighted by atomic mass is 19.1. The van der Waals surface area contributed by atoms with Gasteiger partial charge in [0, 0.05) is 13.1 Å². The maximum Gasteiger partial charge on any atom is 0.308 e. The molecule has 0 radical (unpaired) electrons. The number of likely N-dealkylation sites (tertiary alicyclic amines) is 1. The molecular formula is C19H18FNO4. The number of halogens is 1. The van der Waals surface area contributed by atoms with E-state index in [1.807, 2.05) is 0 Å². The van der Waals surface area contributed by atoms with E-state index in [-0.39, 0.29) is 24.9 Å². The fraction of sp³-hybridized carbons (Fsp3) is 0.263. The third-order valence-electron chi connectivity index (χ3n) is 4.25. The Morgan fingerprint density at radius 1 is 1.16 bits per heavy atom. The van der Waals surface area contributed by atoms with Crippen LogP contribution in [0, 0.1) is 11.7 Å². The van der Waals surface area contributed by atoms with Gasteiger partial charge < -0.3 is 14.7 Å². The lowest BCUT2D eigenvalue weighted by Gasteiger charge is -2.18. The molecule has 1 atom stereocenters. The van der Waals surface area contributed by atoms with Gasteiger partial charge in [0.15, 0.2) is 0 Å². The number of carboxylic acids is 1. The number of hydrogen-bond donors (Lipinski definition) is 1. The van der Waals surface area contributed by atoms with E-state index < -0.39 is 11.9 Å². The number of hydrogen-bond acceptors (Lipinski definition) is 3. The SMILES string of the molecule is O=C(O)[C@@H]1CCN(C(=O)c2ccccc2OCc2ccc(F)cc2)C1. The molecule has 0 aliphatic carbocycles. The molecule has 2 aromatic carbocycles. The van der Waals surface area contributed by atoms with Crippen LogP contribution in [0.15, 0.2) is 48.5 Å². The van der Waals surface area contributed by atoms with Crippen molar-refractivity contribution < 1.29 is 23.8 Å². The van der Waals surface area contributed by atoms with E-state index in [0.717, 1.165) is 5.56 Å². The second-order valence-corrected chi connectivity index (χ2v) is 5.99. The number of ether oxygens (including phenoxy) is 1. The number of aliphatic carboxylic acids is 1. The van der Waals surface area contributed by atoms with Gasteiger partial charge in [0.25, 0.3) is 5.91 Å². The van der Waals surface area contributed by atoms with Gasteiger partial charge in [-0.15, -0.1) is 0 Å². The Hall–Kier alpha value is -2.89. The van der Waals surface area contributed by atoms with Gasteiger partial charge in [-0.25, -0.2) is 4.39 Å². The summed E-state index contributed by atoms with van der Waals surface area (Å²) < 4.78 is 18.7. The van der Waals surface area contributed by atoms with E-state index in [4.69, 9.17) is 9.84 Å². The maximum atomic E-state index is 12.9. The van der Waals surface area contributed by atoms with Gasteiger partial charge in [-0.3, -0.25) is 9.59 Å². The molecular weight excluding hydrogens is 325 g/mol. The van der Waals surface area contributed by atoms with Crippen molar-refractivity contribution in [1.82, 2.24) is 4.90 Å². The van der Waals surface area contributed by atoms with Crippen LogP contribution in [-0.2, 0) is 11.4 Å². The van der Waals surface area contributed by atoms with Crippen LogP contribution in [0.1, 0.15) is 22.3 Å². The maximum absolute atomic E-state index is 12.9. The van der Waals surface area contributed by atoms with E-state index >= 15 is 0 Å². The zero-order chi connectivity index (χ0) is 17.8. The predicted octanol–water partition coefficient (Wildman–Crippen LogP) is 2.95. The first-order chi connectivity index (χ1) is 12.0. The zero-order valence-corrected chi connectivity index (χ0v) is 13.5. The number of para-hydroxylation sites is 1. The Kier molecular flexibility index (Phi) is 4.97. The number of amides is 1. The molecule has 1 saturated heterocycles. The molecule has 2 aromatic rings. The Morgan fingerprint density at radius 3 is 2.56 bits per heavy atom. The average molecular weight is 343 g/mol. The largest absolute Gasteiger partial charge is 0.488 e. The van der Waals surface area contributed by atoms with Crippen molar-refractivity contribution in [3.63, 3.8) is 0 Å². The molecule has 130 valence electrons. The molecule has 3 rings (SSSR count). The van der Waals surface area contributed by atoms with Crippen molar-refractivity contribution in [2.75, 3.05) is 13.1 Å². The highest BCUT2D eigenvalue weighted by molar-refractivity contribution is 5.97. The Balaban J connectivity index is 1.71. The third kappa shape index (κ3) is 3.96. The van der Waals surface area contributed by atoms with Gasteiger partial charge in [0.2, 0.25) is 0 Å². The molecule has 0 spiro atoms. The first-order valence-electron chi connectivity index (χ1n) is 8.03. The number of benzene rings is 2. The minimum atomic E-state index is -0.879.